The number of amides is 1. The molecule has 0 saturated carbocycles. The van der Waals surface area contributed by atoms with Gasteiger partial charge < -0.3 is 4.74 Å². The topological polar surface area (TPSA) is 73.1 Å². The van der Waals surface area contributed by atoms with Crippen LogP contribution in [-0.2, 0) is 4.74 Å². The molecule has 2 heterocycles. The number of aromatic nitrogens is 4. The molecule has 0 radical (unpaired) electrons. The molecule has 0 fully saturated rings. The Labute approximate surface area is 136 Å². The molecule has 0 spiro atoms. The summed E-state index contributed by atoms with van der Waals surface area (Å²) < 4.78 is 7.06. The van der Waals surface area contributed by atoms with E-state index in [9.17, 15) is 4.79 Å². The Morgan fingerprint density at radius 3 is 2.61 bits per heavy atom. The zero-order valence-electron chi connectivity index (χ0n) is 14.2. The maximum Gasteiger partial charge on any atom is 0.263 e. The van der Waals surface area contributed by atoms with E-state index in [4.69, 9.17) is 4.74 Å². The molecule has 2 aromatic heterocycles. The molecule has 0 aliphatic heterocycles. The number of hydrogen-bond acceptors (Lipinski definition) is 5. The first kappa shape index (κ1) is 17.1. The Morgan fingerprint density at radius 2 is 2.04 bits per heavy atom. The minimum Gasteiger partial charge on any atom is -0.364 e. The molecule has 2 aromatic rings. The fraction of sp³-hybridized carbons (Fsp3) is 0.500. The molecular formula is C16H23N5O2. The lowest BCUT2D eigenvalue weighted by Gasteiger charge is -2.22. The minimum atomic E-state index is -0.167. The molecular weight excluding hydrogens is 294 g/mol. The Kier molecular flexibility index (Phi) is 5.44. The highest BCUT2D eigenvalue weighted by Crippen LogP contribution is 2.22. The zero-order chi connectivity index (χ0) is 17.0. The van der Waals surface area contributed by atoms with Gasteiger partial charge in [0.2, 0.25) is 0 Å². The van der Waals surface area contributed by atoms with E-state index in [1.54, 1.807) is 25.6 Å². The molecule has 124 valence electrons. The highest BCUT2D eigenvalue weighted by molar-refractivity contribution is 6.06. The van der Waals surface area contributed by atoms with Crippen LogP contribution in [-0.4, -0.2) is 39.7 Å². The quantitative estimate of drug-likeness (QED) is 0.765. The SMILES string of the molecule is COCN(C(=O)c1cnn(C(C)C(C)C)c1C)c1ccnnc1. The number of hydrogen-bond donors (Lipinski definition) is 0. The van der Waals surface area contributed by atoms with Gasteiger partial charge in [0.25, 0.3) is 5.91 Å². The van der Waals surface area contributed by atoms with Gasteiger partial charge in [0.1, 0.15) is 6.73 Å². The second kappa shape index (κ2) is 7.32. The van der Waals surface area contributed by atoms with Gasteiger partial charge in [-0.2, -0.15) is 15.3 Å². The van der Waals surface area contributed by atoms with Gasteiger partial charge in [-0.05, 0) is 25.8 Å². The highest BCUT2D eigenvalue weighted by atomic mass is 16.5. The molecule has 1 amide bonds. The number of methoxy groups -OCH3 is 1. The summed E-state index contributed by atoms with van der Waals surface area (Å²) in [6, 6.07) is 1.94. The third kappa shape index (κ3) is 3.56. The van der Waals surface area contributed by atoms with Crippen LogP contribution in [0.5, 0.6) is 0 Å². The number of carbonyl (C=O) groups excluding carboxylic acids is 1. The van der Waals surface area contributed by atoms with E-state index in [0.717, 1.165) is 5.69 Å². The van der Waals surface area contributed by atoms with Gasteiger partial charge in [-0.15, -0.1) is 0 Å². The van der Waals surface area contributed by atoms with Crippen molar-refractivity contribution in [1.29, 1.82) is 0 Å². The van der Waals surface area contributed by atoms with Crippen molar-refractivity contribution in [2.45, 2.75) is 33.7 Å². The second-order valence-electron chi connectivity index (χ2n) is 5.82. The summed E-state index contributed by atoms with van der Waals surface area (Å²) in [6.45, 7) is 8.41. The van der Waals surface area contributed by atoms with E-state index in [1.807, 2.05) is 11.6 Å². The smallest absolute Gasteiger partial charge is 0.263 e. The third-order valence-electron chi connectivity index (χ3n) is 4.01. The van der Waals surface area contributed by atoms with Crippen LogP contribution >= 0.6 is 0 Å². The average molecular weight is 317 g/mol. The summed E-state index contributed by atoms with van der Waals surface area (Å²) in [5, 5.41) is 12.0. The van der Waals surface area contributed by atoms with Crippen molar-refractivity contribution in [3.8, 4) is 0 Å². The Bertz CT molecular complexity index is 654. The predicted molar refractivity (Wildman–Crippen MR) is 87.2 cm³/mol. The molecule has 0 bridgehead atoms. The fourth-order valence-corrected chi connectivity index (χ4v) is 2.29. The standard InChI is InChI=1S/C16H23N5O2/c1-11(2)12(3)21-13(4)15(9-19-21)16(22)20(10-23-5)14-6-7-17-18-8-14/h6-9,11-12H,10H2,1-5H3. The van der Waals surface area contributed by atoms with E-state index in [0.29, 0.717) is 17.2 Å². The lowest BCUT2D eigenvalue weighted by atomic mass is 10.1. The molecule has 0 aliphatic carbocycles. The van der Waals surface area contributed by atoms with Gasteiger partial charge in [0.15, 0.2) is 0 Å². The van der Waals surface area contributed by atoms with Crippen molar-refractivity contribution >= 4 is 11.6 Å². The van der Waals surface area contributed by atoms with Gasteiger partial charge in [0.05, 0.1) is 35.9 Å². The van der Waals surface area contributed by atoms with E-state index < -0.39 is 0 Å². The minimum absolute atomic E-state index is 0.134. The van der Waals surface area contributed by atoms with Crippen molar-refractivity contribution in [1.82, 2.24) is 20.0 Å². The van der Waals surface area contributed by atoms with Gasteiger partial charge in [-0.25, -0.2) is 0 Å². The molecule has 23 heavy (non-hydrogen) atoms. The summed E-state index contributed by atoms with van der Waals surface area (Å²) >= 11 is 0. The maximum atomic E-state index is 12.9. The number of ether oxygens (including phenoxy) is 1. The Morgan fingerprint density at radius 1 is 1.30 bits per heavy atom. The first-order valence-electron chi connectivity index (χ1n) is 7.59. The number of anilines is 1. The van der Waals surface area contributed by atoms with Gasteiger partial charge in [0, 0.05) is 12.8 Å². The summed E-state index contributed by atoms with van der Waals surface area (Å²) in [5.74, 6) is 0.260. The first-order valence-corrected chi connectivity index (χ1v) is 7.59. The van der Waals surface area contributed by atoms with Crippen LogP contribution in [0.1, 0.15) is 42.9 Å². The molecule has 0 saturated heterocycles. The first-order chi connectivity index (χ1) is 11.0. The third-order valence-corrected chi connectivity index (χ3v) is 4.01. The van der Waals surface area contributed by atoms with Crippen LogP contribution in [0.15, 0.2) is 24.7 Å². The molecule has 0 aromatic carbocycles. The van der Waals surface area contributed by atoms with Crippen LogP contribution in [0, 0.1) is 12.8 Å². The lowest BCUT2D eigenvalue weighted by Crippen LogP contribution is -2.33. The Balaban J connectivity index is 2.35. The fourth-order valence-electron chi connectivity index (χ4n) is 2.29. The van der Waals surface area contributed by atoms with Crippen LogP contribution in [0.2, 0.25) is 0 Å². The number of carbonyl (C=O) groups is 1. The summed E-state index contributed by atoms with van der Waals surface area (Å²) in [5.41, 5.74) is 2.04. The number of rotatable bonds is 6. The van der Waals surface area contributed by atoms with Crippen LogP contribution in [0.4, 0.5) is 5.69 Å². The highest BCUT2D eigenvalue weighted by Gasteiger charge is 2.24. The number of nitrogens with zero attached hydrogens (tertiary/aromatic N) is 5. The lowest BCUT2D eigenvalue weighted by molar-refractivity contribution is 0.0935. The maximum absolute atomic E-state index is 12.9. The van der Waals surface area contributed by atoms with E-state index >= 15 is 0 Å². The van der Waals surface area contributed by atoms with Crippen molar-refractivity contribution in [2.75, 3.05) is 18.7 Å². The monoisotopic (exact) mass is 317 g/mol. The van der Waals surface area contributed by atoms with Crippen molar-refractivity contribution in [2.24, 2.45) is 5.92 Å². The van der Waals surface area contributed by atoms with E-state index in [1.165, 1.54) is 11.1 Å². The predicted octanol–water partition coefficient (Wildman–Crippen LogP) is 2.45. The molecule has 1 unspecified atom stereocenters. The van der Waals surface area contributed by atoms with Crippen LogP contribution < -0.4 is 4.90 Å². The van der Waals surface area contributed by atoms with Crippen molar-refractivity contribution < 1.29 is 9.53 Å². The van der Waals surface area contributed by atoms with Crippen LogP contribution in [0.25, 0.3) is 0 Å². The van der Waals surface area contributed by atoms with Crippen LogP contribution in [0.3, 0.4) is 0 Å². The average Bonchev–Trinajstić information content (AvgIpc) is 2.93. The molecule has 7 heteroatoms. The molecule has 7 nitrogen and oxygen atoms in total. The molecule has 0 N–H and O–H groups in total. The molecule has 0 aliphatic rings. The van der Waals surface area contributed by atoms with E-state index in [2.05, 4.69) is 36.1 Å². The summed E-state index contributed by atoms with van der Waals surface area (Å²) in [4.78, 5) is 14.4. The van der Waals surface area contributed by atoms with Crippen molar-refractivity contribution in [3.05, 3.63) is 35.9 Å². The normalized spacial score (nSPS) is 12.4. The summed E-state index contributed by atoms with van der Waals surface area (Å²) in [7, 11) is 1.55. The largest absolute Gasteiger partial charge is 0.364 e. The van der Waals surface area contributed by atoms with Gasteiger partial charge in [-0.1, -0.05) is 13.8 Å². The second-order valence-corrected chi connectivity index (χ2v) is 5.82. The zero-order valence-corrected chi connectivity index (χ0v) is 14.2. The summed E-state index contributed by atoms with van der Waals surface area (Å²) in [6.07, 6.45) is 4.70. The van der Waals surface area contributed by atoms with Crippen molar-refractivity contribution in [3.63, 3.8) is 0 Å². The van der Waals surface area contributed by atoms with Gasteiger partial charge >= 0.3 is 0 Å². The van der Waals surface area contributed by atoms with Gasteiger partial charge in [-0.3, -0.25) is 14.4 Å². The Hall–Kier alpha value is -2.28. The van der Waals surface area contributed by atoms with E-state index in [-0.39, 0.29) is 18.7 Å². The molecule has 1 atom stereocenters. The molecule has 2 rings (SSSR count).